The van der Waals surface area contributed by atoms with Gasteiger partial charge in [-0.15, -0.1) is 0 Å². The fourth-order valence-electron chi connectivity index (χ4n) is 0.873. The minimum absolute atomic E-state index is 0.0374. The second-order valence-electron chi connectivity index (χ2n) is 2.21. The Kier molecular flexibility index (Phi) is 2.93. The molecule has 0 spiro atoms. The zero-order valence-electron chi connectivity index (χ0n) is 6.58. The summed E-state index contributed by atoms with van der Waals surface area (Å²) in [4.78, 5) is 20.3. The highest BCUT2D eigenvalue weighted by molar-refractivity contribution is 5.81. The van der Waals surface area contributed by atoms with E-state index in [4.69, 9.17) is 0 Å². The normalized spacial score (nSPS) is 8.38. The lowest BCUT2D eigenvalue weighted by Gasteiger charge is -1.96. The van der Waals surface area contributed by atoms with Crippen molar-refractivity contribution in [3.05, 3.63) is 35.1 Å². The Bertz CT molecular complexity index is 399. The molecule has 1 rings (SSSR count). The summed E-state index contributed by atoms with van der Waals surface area (Å²) in [5.41, 5.74) is 0.110. The zero-order valence-corrected chi connectivity index (χ0v) is 6.58. The average molecular weight is 176 g/mol. The number of halogens is 1. The van der Waals surface area contributed by atoms with Gasteiger partial charge in [-0.3, -0.25) is 9.59 Å². The summed E-state index contributed by atoms with van der Waals surface area (Å²) in [7, 11) is 0. The monoisotopic (exact) mass is 176 g/mol. The molecule has 0 fully saturated rings. The summed E-state index contributed by atoms with van der Waals surface area (Å²) >= 11 is 0. The van der Waals surface area contributed by atoms with E-state index in [1.807, 2.05) is 0 Å². The van der Waals surface area contributed by atoms with Crippen molar-refractivity contribution in [2.24, 2.45) is 0 Å². The number of carbonyl (C=O) groups is 2. The first kappa shape index (κ1) is 9.14. The van der Waals surface area contributed by atoms with Crippen LogP contribution in [-0.4, -0.2) is 12.6 Å². The maximum absolute atomic E-state index is 13.0. The molecule has 2 nitrogen and oxygen atoms in total. The third-order valence-electron chi connectivity index (χ3n) is 1.43. The standard InChI is InChI=1S/C10H5FO2/c11-10-5-1-3-8(7-13)9(10)4-2-6-12/h1,3,5-7H. The molecule has 0 unspecified atom stereocenters. The van der Waals surface area contributed by atoms with Gasteiger partial charge in [0.25, 0.3) is 0 Å². The second-order valence-corrected chi connectivity index (χ2v) is 2.21. The van der Waals surface area contributed by atoms with E-state index in [9.17, 15) is 14.0 Å². The number of aldehydes is 2. The molecule has 0 amide bonds. The van der Waals surface area contributed by atoms with Crippen LogP contribution >= 0.6 is 0 Å². The first-order chi connectivity index (χ1) is 6.29. The van der Waals surface area contributed by atoms with Crippen LogP contribution in [0.4, 0.5) is 4.39 Å². The summed E-state index contributed by atoms with van der Waals surface area (Å²) in [5.74, 6) is 3.71. The molecular weight excluding hydrogens is 171 g/mol. The molecule has 0 saturated heterocycles. The SMILES string of the molecule is O=CC#Cc1c(F)cccc1C=O. The Morgan fingerprint density at radius 3 is 2.69 bits per heavy atom. The largest absolute Gasteiger partial charge is 0.298 e. The van der Waals surface area contributed by atoms with Crippen LogP contribution in [-0.2, 0) is 4.79 Å². The predicted octanol–water partition coefficient (Wildman–Crippen LogP) is 1.19. The fourth-order valence-corrected chi connectivity index (χ4v) is 0.873. The van der Waals surface area contributed by atoms with Crippen molar-refractivity contribution in [1.29, 1.82) is 0 Å². The molecule has 0 aliphatic heterocycles. The predicted molar refractivity (Wildman–Crippen MR) is 44.7 cm³/mol. The van der Waals surface area contributed by atoms with Crippen LogP contribution in [0, 0.1) is 17.7 Å². The third kappa shape index (κ3) is 2.00. The Morgan fingerprint density at radius 2 is 2.08 bits per heavy atom. The van der Waals surface area contributed by atoms with Crippen LogP contribution in [0.1, 0.15) is 15.9 Å². The Morgan fingerprint density at radius 1 is 1.31 bits per heavy atom. The summed E-state index contributed by atoms with van der Waals surface area (Å²) < 4.78 is 13.0. The lowest BCUT2D eigenvalue weighted by Crippen LogP contribution is -1.91. The first-order valence-corrected chi connectivity index (χ1v) is 3.48. The molecular formula is C10H5FO2. The van der Waals surface area contributed by atoms with Gasteiger partial charge in [-0.1, -0.05) is 18.1 Å². The van der Waals surface area contributed by atoms with Crippen molar-refractivity contribution in [3.63, 3.8) is 0 Å². The van der Waals surface area contributed by atoms with E-state index >= 15 is 0 Å². The molecule has 0 saturated carbocycles. The number of carbonyl (C=O) groups excluding carboxylic acids is 2. The van der Waals surface area contributed by atoms with E-state index in [1.165, 1.54) is 18.2 Å². The number of hydrogen-bond acceptors (Lipinski definition) is 2. The van der Waals surface area contributed by atoms with Gasteiger partial charge in [0, 0.05) is 5.56 Å². The van der Waals surface area contributed by atoms with Crippen LogP contribution in [0.3, 0.4) is 0 Å². The van der Waals surface area contributed by atoms with Crippen molar-refractivity contribution >= 4 is 12.6 Å². The van der Waals surface area contributed by atoms with Crippen molar-refractivity contribution < 1.29 is 14.0 Å². The molecule has 0 atom stereocenters. The number of hydrogen-bond donors (Lipinski definition) is 0. The van der Waals surface area contributed by atoms with Gasteiger partial charge in [-0.2, -0.15) is 0 Å². The molecule has 0 N–H and O–H groups in total. The minimum atomic E-state index is -0.598. The van der Waals surface area contributed by atoms with E-state index < -0.39 is 5.82 Å². The van der Waals surface area contributed by atoms with Crippen LogP contribution < -0.4 is 0 Å². The van der Waals surface area contributed by atoms with Gasteiger partial charge in [0.1, 0.15) is 5.82 Å². The summed E-state index contributed by atoms with van der Waals surface area (Å²) in [6.07, 6.45) is 0.846. The van der Waals surface area contributed by atoms with Crippen LogP contribution in [0.2, 0.25) is 0 Å². The topological polar surface area (TPSA) is 34.1 Å². The van der Waals surface area contributed by atoms with Crippen LogP contribution in [0.15, 0.2) is 18.2 Å². The fraction of sp³-hybridized carbons (Fsp3) is 0. The Labute approximate surface area is 74.4 Å². The molecule has 3 heteroatoms. The molecule has 64 valence electrons. The van der Waals surface area contributed by atoms with Crippen molar-refractivity contribution in [2.45, 2.75) is 0 Å². The average Bonchev–Trinajstić information content (AvgIpc) is 2.15. The van der Waals surface area contributed by atoms with Gasteiger partial charge in [-0.25, -0.2) is 4.39 Å². The molecule has 0 bridgehead atoms. The molecule has 1 aromatic rings. The summed E-state index contributed by atoms with van der Waals surface area (Å²) in [6.45, 7) is 0. The van der Waals surface area contributed by atoms with E-state index in [0.29, 0.717) is 12.6 Å². The smallest absolute Gasteiger partial charge is 0.193 e. The highest BCUT2D eigenvalue weighted by Crippen LogP contribution is 2.09. The quantitative estimate of drug-likeness (QED) is 0.475. The molecule has 13 heavy (non-hydrogen) atoms. The van der Waals surface area contributed by atoms with Gasteiger partial charge in [-0.05, 0) is 12.0 Å². The summed E-state index contributed by atoms with van der Waals surface area (Å²) in [5, 5.41) is 0. The maximum Gasteiger partial charge on any atom is 0.193 e. The van der Waals surface area contributed by atoms with Gasteiger partial charge in [0.15, 0.2) is 12.6 Å². The van der Waals surface area contributed by atoms with Crippen LogP contribution in [0.25, 0.3) is 0 Å². The zero-order chi connectivity index (χ0) is 9.68. The summed E-state index contributed by atoms with van der Waals surface area (Å²) in [6, 6.07) is 4.03. The third-order valence-corrected chi connectivity index (χ3v) is 1.43. The molecule has 0 aliphatic rings. The van der Waals surface area contributed by atoms with E-state index in [2.05, 4.69) is 11.8 Å². The molecule has 0 radical (unpaired) electrons. The molecule has 0 aromatic heterocycles. The van der Waals surface area contributed by atoms with Gasteiger partial charge in [0.2, 0.25) is 0 Å². The van der Waals surface area contributed by atoms with Gasteiger partial charge < -0.3 is 0 Å². The molecule has 1 aromatic carbocycles. The lowest BCUT2D eigenvalue weighted by molar-refractivity contribution is -0.103. The molecule has 0 heterocycles. The van der Waals surface area contributed by atoms with Crippen LogP contribution in [0.5, 0.6) is 0 Å². The maximum atomic E-state index is 13.0. The Hall–Kier alpha value is -1.95. The first-order valence-electron chi connectivity index (χ1n) is 3.48. The van der Waals surface area contributed by atoms with Gasteiger partial charge >= 0.3 is 0 Å². The van der Waals surface area contributed by atoms with Gasteiger partial charge in [0.05, 0.1) is 5.56 Å². The van der Waals surface area contributed by atoms with Crippen molar-refractivity contribution in [3.8, 4) is 11.8 Å². The van der Waals surface area contributed by atoms with Crippen molar-refractivity contribution in [1.82, 2.24) is 0 Å². The Balaban J connectivity index is 3.30. The van der Waals surface area contributed by atoms with E-state index in [0.717, 1.165) is 0 Å². The highest BCUT2D eigenvalue weighted by Gasteiger charge is 2.03. The lowest BCUT2D eigenvalue weighted by atomic mass is 10.1. The number of rotatable bonds is 1. The second kappa shape index (κ2) is 4.17. The van der Waals surface area contributed by atoms with E-state index in [-0.39, 0.29) is 11.1 Å². The number of benzene rings is 1. The van der Waals surface area contributed by atoms with E-state index in [1.54, 1.807) is 0 Å². The molecule has 0 aliphatic carbocycles. The minimum Gasteiger partial charge on any atom is -0.298 e. The van der Waals surface area contributed by atoms with Crippen molar-refractivity contribution in [2.75, 3.05) is 0 Å². The highest BCUT2D eigenvalue weighted by atomic mass is 19.1.